The van der Waals surface area contributed by atoms with E-state index in [1.54, 1.807) is 6.92 Å². The Bertz CT molecular complexity index is 956. The fourth-order valence-electron chi connectivity index (χ4n) is 2.36. The Labute approximate surface area is 154 Å². The largest absolute Gasteiger partial charge is 0.489 e. The number of ether oxygens (including phenoxy) is 1. The molecule has 1 amide bonds. The molecule has 134 valence electrons. The number of hydrogen-bond acceptors (Lipinski definition) is 4. The van der Waals surface area contributed by atoms with Gasteiger partial charge in [-0.1, -0.05) is 28.9 Å². The first-order valence-electron chi connectivity index (χ1n) is 7.85. The number of benzene rings is 2. The van der Waals surface area contributed by atoms with Gasteiger partial charge < -0.3 is 14.6 Å². The Morgan fingerprint density at radius 3 is 2.81 bits per heavy atom. The quantitative estimate of drug-likeness (QED) is 0.688. The number of carbonyl (C=O) groups excluding carboxylic acids is 1. The molecule has 1 heterocycles. The van der Waals surface area contributed by atoms with Crippen molar-refractivity contribution < 1.29 is 18.4 Å². The average Bonchev–Trinajstić information content (AvgIpc) is 2.97. The molecule has 2 aromatic carbocycles. The lowest BCUT2D eigenvalue weighted by atomic mass is 10.2. The molecule has 7 heteroatoms. The summed E-state index contributed by atoms with van der Waals surface area (Å²) in [5, 5.41) is 6.35. The summed E-state index contributed by atoms with van der Waals surface area (Å²) < 4.78 is 24.1. The van der Waals surface area contributed by atoms with E-state index in [0.717, 1.165) is 5.56 Å². The van der Waals surface area contributed by atoms with E-state index in [1.165, 1.54) is 18.2 Å². The van der Waals surface area contributed by atoms with E-state index >= 15 is 0 Å². The van der Waals surface area contributed by atoms with Crippen LogP contribution in [0.15, 0.2) is 47.0 Å². The fourth-order valence-corrected chi connectivity index (χ4v) is 2.54. The van der Waals surface area contributed by atoms with Crippen LogP contribution in [0.4, 0.5) is 10.1 Å². The first-order valence-corrected chi connectivity index (χ1v) is 8.23. The molecule has 3 rings (SSSR count). The molecule has 0 saturated carbocycles. The molecule has 0 fully saturated rings. The van der Waals surface area contributed by atoms with Gasteiger partial charge in [0, 0.05) is 5.69 Å². The molecular weight excluding hydrogens is 359 g/mol. The van der Waals surface area contributed by atoms with E-state index in [2.05, 4.69) is 10.5 Å². The fraction of sp³-hybridized carbons (Fsp3) is 0.158. The highest BCUT2D eigenvalue weighted by Crippen LogP contribution is 2.22. The van der Waals surface area contributed by atoms with Crippen molar-refractivity contribution in [2.45, 2.75) is 20.5 Å². The third kappa shape index (κ3) is 4.03. The van der Waals surface area contributed by atoms with Crippen molar-refractivity contribution in [2.75, 3.05) is 5.32 Å². The molecule has 5 nitrogen and oxygen atoms in total. The molecule has 0 bridgehead atoms. The minimum absolute atomic E-state index is 0.0814. The molecule has 0 saturated heterocycles. The van der Waals surface area contributed by atoms with Crippen LogP contribution in [0.2, 0.25) is 5.02 Å². The number of rotatable bonds is 5. The number of amides is 1. The minimum atomic E-state index is -0.561. The number of carbonyl (C=O) groups is 1. The van der Waals surface area contributed by atoms with E-state index in [4.69, 9.17) is 20.9 Å². The lowest BCUT2D eigenvalue weighted by molar-refractivity contribution is 0.101. The molecule has 1 N–H and O–H groups in total. The Morgan fingerprint density at radius 1 is 1.27 bits per heavy atom. The highest BCUT2D eigenvalue weighted by atomic mass is 35.5. The normalized spacial score (nSPS) is 10.6. The number of halogens is 2. The third-order valence-corrected chi connectivity index (χ3v) is 4.04. The summed E-state index contributed by atoms with van der Waals surface area (Å²) >= 11 is 5.73. The average molecular weight is 375 g/mol. The molecule has 0 unspecified atom stereocenters. The minimum Gasteiger partial charge on any atom is -0.489 e. The van der Waals surface area contributed by atoms with Crippen LogP contribution < -0.4 is 10.1 Å². The van der Waals surface area contributed by atoms with Crippen LogP contribution >= 0.6 is 11.6 Å². The smallest absolute Gasteiger partial charge is 0.278 e. The number of anilines is 1. The molecule has 0 aliphatic rings. The molecule has 1 aromatic heterocycles. The van der Waals surface area contributed by atoms with E-state index < -0.39 is 11.7 Å². The second-order valence-corrected chi connectivity index (χ2v) is 6.16. The van der Waals surface area contributed by atoms with Gasteiger partial charge in [0.15, 0.2) is 5.69 Å². The van der Waals surface area contributed by atoms with Crippen LogP contribution in [0, 0.1) is 19.7 Å². The zero-order chi connectivity index (χ0) is 18.7. The maximum atomic E-state index is 13.2. The van der Waals surface area contributed by atoms with Crippen molar-refractivity contribution in [3.63, 3.8) is 0 Å². The number of nitrogens with zero attached hydrogens (tertiary/aromatic N) is 1. The Kier molecular flexibility index (Phi) is 5.23. The van der Waals surface area contributed by atoms with Gasteiger partial charge in [-0.2, -0.15) is 0 Å². The Balaban J connectivity index is 1.76. The van der Waals surface area contributed by atoms with Crippen molar-refractivity contribution in [2.24, 2.45) is 0 Å². The number of hydrogen-bond donors (Lipinski definition) is 1. The van der Waals surface area contributed by atoms with Gasteiger partial charge in [0.1, 0.15) is 23.9 Å². The second kappa shape index (κ2) is 7.58. The van der Waals surface area contributed by atoms with Crippen LogP contribution in [0.1, 0.15) is 27.4 Å². The van der Waals surface area contributed by atoms with Crippen LogP contribution in [-0.4, -0.2) is 11.1 Å². The number of aryl methyl sites for hydroxylation is 2. The summed E-state index contributed by atoms with van der Waals surface area (Å²) in [4.78, 5) is 12.5. The maximum absolute atomic E-state index is 13.2. The SMILES string of the molecule is Cc1cccc(OCc2c(C(=O)Nc3ccc(F)c(Cl)c3)noc2C)c1. The molecule has 0 aliphatic heterocycles. The van der Waals surface area contributed by atoms with Crippen LogP contribution in [0.25, 0.3) is 0 Å². The standard InChI is InChI=1S/C19H16ClFN2O3/c1-11-4-3-5-14(8-11)25-10-15-12(2)26-23-18(15)19(24)22-13-6-7-17(21)16(20)9-13/h3-9H,10H2,1-2H3,(H,22,24). The Morgan fingerprint density at radius 2 is 2.08 bits per heavy atom. The molecule has 0 radical (unpaired) electrons. The van der Waals surface area contributed by atoms with Crippen LogP contribution in [0.3, 0.4) is 0 Å². The van der Waals surface area contributed by atoms with Gasteiger partial charge in [-0.05, 0) is 49.7 Å². The highest BCUT2D eigenvalue weighted by molar-refractivity contribution is 6.31. The predicted octanol–water partition coefficient (Wildman–Crippen LogP) is 4.92. The van der Waals surface area contributed by atoms with Gasteiger partial charge in [-0.3, -0.25) is 4.79 Å². The maximum Gasteiger partial charge on any atom is 0.278 e. The van der Waals surface area contributed by atoms with E-state index in [9.17, 15) is 9.18 Å². The number of nitrogens with one attached hydrogen (secondary N) is 1. The summed E-state index contributed by atoms with van der Waals surface area (Å²) in [5.41, 5.74) is 2.07. The predicted molar refractivity (Wildman–Crippen MR) is 96.1 cm³/mol. The van der Waals surface area contributed by atoms with Gasteiger partial charge in [0.05, 0.1) is 10.6 Å². The molecule has 3 aromatic rings. The lowest BCUT2D eigenvalue weighted by Crippen LogP contribution is -2.15. The molecule has 0 atom stereocenters. The highest BCUT2D eigenvalue weighted by Gasteiger charge is 2.21. The van der Waals surface area contributed by atoms with Crippen molar-refractivity contribution in [3.8, 4) is 5.75 Å². The van der Waals surface area contributed by atoms with Crippen molar-refractivity contribution >= 4 is 23.2 Å². The molecule has 26 heavy (non-hydrogen) atoms. The van der Waals surface area contributed by atoms with Gasteiger partial charge in [-0.15, -0.1) is 0 Å². The number of aromatic nitrogens is 1. The summed E-state index contributed by atoms with van der Waals surface area (Å²) in [6.45, 7) is 3.80. The van der Waals surface area contributed by atoms with Gasteiger partial charge in [0.25, 0.3) is 5.91 Å². The third-order valence-electron chi connectivity index (χ3n) is 3.75. The molecule has 0 spiro atoms. The molecule has 0 aliphatic carbocycles. The topological polar surface area (TPSA) is 64.4 Å². The summed E-state index contributed by atoms with van der Waals surface area (Å²) in [6.07, 6.45) is 0. The van der Waals surface area contributed by atoms with Crippen LogP contribution in [-0.2, 0) is 6.61 Å². The second-order valence-electron chi connectivity index (χ2n) is 5.75. The molecular formula is C19H16ClFN2O3. The van der Waals surface area contributed by atoms with Crippen molar-refractivity contribution in [3.05, 3.63) is 75.9 Å². The van der Waals surface area contributed by atoms with Crippen molar-refractivity contribution in [1.82, 2.24) is 5.16 Å². The first-order chi connectivity index (χ1) is 12.4. The monoisotopic (exact) mass is 374 g/mol. The summed E-state index contributed by atoms with van der Waals surface area (Å²) in [6, 6.07) is 11.5. The first kappa shape index (κ1) is 17.9. The van der Waals surface area contributed by atoms with E-state index in [1.807, 2.05) is 31.2 Å². The van der Waals surface area contributed by atoms with Crippen LogP contribution in [0.5, 0.6) is 5.75 Å². The Hall–Kier alpha value is -2.86. The van der Waals surface area contributed by atoms with E-state index in [-0.39, 0.29) is 17.3 Å². The summed E-state index contributed by atoms with van der Waals surface area (Å²) in [7, 11) is 0. The zero-order valence-electron chi connectivity index (χ0n) is 14.2. The van der Waals surface area contributed by atoms with Crippen molar-refractivity contribution in [1.29, 1.82) is 0 Å². The van der Waals surface area contributed by atoms with Gasteiger partial charge >= 0.3 is 0 Å². The lowest BCUT2D eigenvalue weighted by Gasteiger charge is -2.08. The van der Waals surface area contributed by atoms with Gasteiger partial charge in [0.2, 0.25) is 0 Å². The van der Waals surface area contributed by atoms with Gasteiger partial charge in [-0.25, -0.2) is 4.39 Å². The zero-order valence-corrected chi connectivity index (χ0v) is 14.9. The van der Waals surface area contributed by atoms with E-state index in [0.29, 0.717) is 22.8 Å². The summed E-state index contributed by atoms with van der Waals surface area (Å²) in [5.74, 6) is 0.115.